The number of nitrogens with one attached hydrogen (secondary N) is 2. The molecule has 0 aromatic heterocycles. The van der Waals surface area contributed by atoms with Crippen molar-refractivity contribution in [3.05, 3.63) is 133 Å². The quantitative estimate of drug-likeness (QED) is 0.0991. The molecule has 0 aliphatic heterocycles. The summed E-state index contributed by atoms with van der Waals surface area (Å²) < 4.78 is 7.95. The highest BCUT2D eigenvalue weighted by atomic mass is 127. The number of benzene rings is 4. The standard InChI is InChI=1S/C33H31I2N3O3/c1-22(2)30(37-32(39)29(25-14-8-4-9-15-25)26-16-10-5-11-17-26)33(40)38-36-20-24-18-27(34)31(28(35)19-24)41-21-23-12-6-3-7-13-23/h3-20,22,29-30H,21H2,1-2H3,(H,37,39)(H,38,40)/b36-20-/t30-/m1/s1. The average Bonchev–Trinajstić information content (AvgIpc) is 2.97. The van der Waals surface area contributed by atoms with Gasteiger partial charge in [0, 0.05) is 0 Å². The van der Waals surface area contributed by atoms with Gasteiger partial charge in [0.05, 0.1) is 19.3 Å². The third-order valence-corrected chi connectivity index (χ3v) is 8.01. The fourth-order valence-corrected chi connectivity index (χ4v) is 6.45. The van der Waals surface area contributed by atoms with Gasteiger partial charge in [-0.05, 0) is 85.5 Å². The molecular weight excluding hydrogens is 740 g/mol. The van der Waals surface area contributed by atoms with Crippen molar-refractivity contribution in [3.63, 3.8) is 0 Å². The van der Waals surface area contributed by atoms with Crippen LogP contribution in [0, 0.1) is 13.1 Å². The number of amides is 2. The van der Waals surface area contributed by atoms with E-state index in [1.807, 2.05) is 117 Å². The normalized spacial score (nSPS) is 12.0. The Morgan fingerprint density at radius 3 is 1.83 bits per heavy atom. The molecule has 0 heterocycles. The van der Waals surface area contributed by atoms with Crippen LogP contribution in [-0.2, 0) is 16.2 Å². The van der Waals surface area contributed by atoms with E-state index in [-0.39, 0.29) is 17.7 Å². The maximum Gasteiger partial charge on any atom is 0.262 e. The molecule has 0 aliphatic rings. The lowest BCUT2D eigenvalue weighted by molar-refractivity contribution is -0.130. The summed E-state index contributed by atoms with van der Waals surface area (Å²) >= 11 is 4.48. The van der Waals surface area contributed by atoms with E-state index < -0.39 is 12.0 Å². The number of halogens is 2. The second-order valence-electron chi connectivity index (χ2n) is 9.81. The minimum absolute atomic E-state index is 0.149. The third-order valence-electron chi connectivity index (χ3n) is 6.41. The van der Waals surface area contributed by atoms with E-state index >= 15 is 0 Å². The first-order valence-corrected chi connectivity index (χ1v) is 15.4. The van der Waals surface area contributed by atoms with E-state index in [4.69, 9.17) is 4.74 Å². The van der Waals surface area contributed by atoms with Gasteiger partial charge in [0.2, 0.25) is 5.91 Å². The fourth-order valence-electron chi connectivity index (χ4n) is 4.32. The average molecular weight is 771 g/mol. The SMILES string of the molecule is CC(C)[C@@H](NC(=O)C(c1ccccc1)c1ccccc1)C(=O)N/N=C\c1cc(I)c(OCc2ccccc2)c(I)c1. The largest absolute Gasteiger partial charge is 0.487 e. The van der Waals surface area contributed by atoms with Crippen molar-refractivity contribution in [3.8, 4) is 5.75 Å². The van der Waals surface area contributed by atoms with Gasteiger partial charge >= 0.3 is 0 Å². The Morgan fingerprint density at radius 2 is 1.32 bits per heavy atom. The highest BCUT2D eigenvalue weighted by molar-refractivity contribution is 14.1. The maximum absolute atomic E-state index is 13.6. The Balaban J connectivity index is 1.42. The van der Waals surface area contributed by atoms with Gasteiger partial charge in [0.25, 0.3) is 5.91 Å². The summed E-state index contributed by atoms with van der Waals surface area (Å²) in [6.45, 7) is 4.27. The van der Waals surface area contributed by atoms with Gasteiger partial charge in [0.15, 0.2) is 0 Å². The molecule has 0 spiro atoms. The molecule has 41 heavy (non-hydrogen) atoms. The Morgan fingerprint density at radius 1 is 0.805 bits per heavy atom. The van der Waals surface area contributed by atoms with Crippen molar-refractivity contribution in [2.24, 2.45) is 11.0 Å². The molecule has 2 amide bonds. The van der Waals surface area contributed by atoms with E-state index in [2.05, 4.69) is 61.0 Å². The van der Waals surface area contributed by atoms with Crippen LogP contribution in [0.3, 0.4) is 0 Å². The lowest BCUT2D eigenvalue weighted by Gasteiger charge is -2.24. The molecule has 0 unspecified atom stereocenters. The van der Waals surface area contributed by atoms with Crippen molar-refractivity contribution >= 4 is 63.2 Å². The minimum Gasteiger partial charge on any atom is -0.487 e. The number of carbonyl (C=O) groups excluding carboxylic acids is 2. The van der Waals surface area contributed by atoms with Gasteiger partial charge < -0.3 is 10.1 Å². The van der Waals surface area contributed by atoms with E-state index in [1.165, 1.54) is 0 Å². The molecule has 4 rings (SSSR count). The van der Waals surface area contributed by atoms with Crippen LogP contribution in [-0.4, -0.2) is 24.1 Å². The Kier molecular flexibility index (Phi) is 11.3. The first kappa shape index (κ1) is 30.7. The molecular formula is C33H31I2N3O3. The van der Waals surface area contributed by atoms with Crippen molar-refractivity contribution in [2.45, 2.75) is 32.4 Å². The van der Waals surface area contributed by atoms with Crippen molar-refractivity contribution < 1.29 is 14.3 Å². The number of hydrazone groups is 1. The van der Waals surface area contributed by atoms with E-state index in [1.54, 1.807) is 6.21 Å². The molecule has 0 saturated heterocycles. The monoisotopic (exact) mass is 771 g/mol. The third kappa shape index (κ3) is 8.62. The zero-order chi connectivity index (χ0) is 29.2. The summed E-state index contributed by atoms with van der Waals surface area (Å²) in [6, 6.07) is 32.3. The fraction of sp³-hybridized carbons (Fsp3) is 0.182. The van der Waals surface area contributed by atoms with Gasteiger partial charge in [-0.1, -0.05) is 105 Å². The molecule has 1 atom stereocenters. The molecule has 0 bridgehead atoms. The van der Waals surface area contributed by atoms with E-state index in [0.29, 0.717) is 6.61 Å². The lowest BCUT2D eigenvalue weighted by atomic mass is 9.89. The van der Waals surface area contributed by atoms with Gasteiger partial charge in [-0.15, -0.1) is 0 Å². The Bertz CT molecular complexity index is 1420. The van der Waals surface area contributed by atoms with Crippen LogP contribution in [0.4, 0.5) is 0 Å². The summed E-state index contributed by atoms with van der Waals surface area (Å²) in [4.78, 5) is 26.7. The number of hydrogen-bond acceptors (Lipinski definition) is 4. The Labute approximate surface area is 268 Å². The summed E-state index contributed by atoms with van der Waals surface area (Å²) in [6.07, 6.45) is 1.60. The molecule has 2 N–H and O–H groups in total. The molecule has 8 heteroatoms. The number of ether oxygens (including phenoxy) is 1. The smallest absolute Gasteiger partial charge is 0.262 e. The van der Waals surface area contributed by atoms with Crippen molar-refractivity contribution in [1.29, 1.82) is 0 Å². The van der Waals surface area contributed by atoms with E-state index in [9.17, 15) is 9.59 Å². The second kappa shape index (κ2) is 15.1. The second-order valence-corrected chi connectivity index (χ2v) is 12.1. The molecule has 4 aromatic rings. The number of rotatable bonds is 11. The van der Waals surface area contributed by atoms with Crippen LogP contribution in [0.2, 0.25) is 0 Å². The van der Waals surface area contributed by atoms with Crippen LogP contribution in [0.15, 0.2) is 108 Å². The van der Waals surface area contributed by atoms with Gasteiger partial charge in [-0.2, -0.15) is 5.10 Å². The molecule has 0 aliphatic carbocycles. The first-order valence-electron chi connectivity index (χ1n) is 13.2. The zero-order valence-corrected chi connectivity index (χ0v) is 27.1. The van der Waals surface area contributed by atoms with Crippen LogP contribution in [0.5, 0.6) is 5.75 Å². The predicted octanol–water partition coefficient (Wildman–Crippen LogP) is 6.90. The Hall–Kier alpha value is -3.25. The van der Waals surface area contributed by atoms with Crippen molar-refractivity contribution in [2.75, 3.05) is 0 Å². The van der Waals surface area contributed by atoms with Gasteiger partial charge in [0.1, 0.15) is 18.4 Å². The number of carbonyl (C=O) groups is 2. The number of hydrogen-bond donors (Lipinski definition) is 2. The van der Waals surface area contributed by atoms with Crippen molar-refractivity contribution in [1.82, 2.24) is 10.7 Å². The molecule has 0 saturated carbocycles. The minimum atomic E-state index is -0.761. The molecule has 6 nitrogen and oxygen atoms in total. The lowest BCUT2D eigenvalue weighted by Crippen LogP contribution is -2.50. The highest BCUT2D eigenvalue weighted by Crippen LogP contribution is 2.29. The van der Waals surface area contributed by atoms with Crippen LogP contribution in [0.1, 0.15) is 42.0 Å². The molecule has 0 fully saturated rings. The van der Waals surface area contributed by atoms with Crippen LogP contribution in [0.25, 0.3) is 0 Å². The van der Waals surface area contributed by atoms with Crippen LogP contribution < -0.4 is 15.5 Å². The summed E-state index contributed by atoms with van der Waals surface area (Å²) in [5, 5.41) is 7.17. The predicted molar refractivity (Wildman–Crippen MR) is 180 cm³/mol. The number of nitrogens with zero attached hydrogens (tertiary/aromatic N) is 1. The highest BCUT2D eigenvalue weighted by Gasteiger charge is 2.29. The van der Waals surface area contributed by atoms with E-state index in [0.717, 1.165) is 35.1 Å². The summed E-state index contributed by atoms with van der Waals surface area (Å²) in [5.41, 5.74) is 6.25. The summed E-state index contributed by atoms with van der Waals surface area (Å²) in [7, 11) is 0. The van der Waals surface area contributed by atoms with Gasteiger partial charge in [-0.25, -0.2) is 5.43 Å². The first-order chi connectivity index (χ1) is 19.8. The van der Waals surface area contributed by atoms with Gasteiger partial charge in [-0.3, -0.25) is 9.59 Å². The molecule has 4 aromatic carbocycles. The summed E-state index contributed by atoms with van der Waals surface area (Å²) in [5.74, 6) is -0.497. The molecule has 0 radical (unpaired) electrons. The topological polar surface area (TPSA) is 79.8 Å². The maximum atomic E-state index is 13.6. The van der Waals surface area contributed by atoms with Crippen LogP contribution >= 0.6 is 45.2 Å². The zero-order valence-electron chi connectivity index (χ0n) is 22.8. The molecule has 210 valence electrons.